The Morgan fingerprint density at radius 3 is 2.21 bits per heavy atom. The number of carbonyl (C=O) groups is 2. The summed E-state index contributed by atoms with van der Waals surface area (Å²) >= 11 is 0. The monoisotopic (exact) mass is 266 g/mol. The van der Waals surface area contributed by atoms with Gasteiger partial charge in [0.1, 0.15) is 0 Å². The van der Waals surface area contributed by atoms with Crippen LogP contribution in [-0.2, 0) is 11.3 Å². The lowest BCUT2D eigenvalue weighted by atomic mass is 10.1. The Morgan fingerprint density at radius 2 is 1.74 bits per heavy atom. The predicted octanol–water partition coefficient (Wildman–Crippen LogP) is -0.594. The topological polar surface area (TPSA) is 98.7 Å². The number of aliphatic hydroxyl groups is 2. The molecule has 1 rings (SSSR count). The van der Waals surface area contributed by atoms with E-state index in [0.717, 1.165) is 5.56 Å². The van der Waals surface area contributed by atoms with E-state index in [2.05, 4.69) is 10.6 Å². The van der Waals surface area contributed by atoms with Crippen LogP contribution in [0, 0.1) is 0 Å². The average molecular weight is 266 g/mol. The fourth-order valence-corrected chi connectivity index (χ4v) is 1.42. The molecule has 0 heterocycles. The normalized spacial score (nSPS) is 10.3. The van der Waals surface area contributed by atoms with E-state index in [4.69, 9.17) is 10.2 Å². The van der Waals surface area contributed by atoms with E-state index in [1.165, 1.54) is 6.92 Å². The van der Waals surface area contributed by atoms with Crippen LogP contribution in [0.15, 0.2) is 24.3 Å². The highest BCUT2D eigenvalue weighted by atomic mass is 16.3. The van der Waals surface area contributed by atoms with Gasteiger partial charge >= 0.3 is 0 Å². The molecule has 6 nitrogen and oxygen atoms in total. The minimum absolute atomic E-state index is 0.115. The van der Waals surface area contributed by atoms with Crippen molar-refractivity contribution in [3.8, 4) is 0 Å². The van der Waals surface area contributed by atoms with Crippen LogP contribution in [0.25, 0.3) is 0 Å². The van der Waals surface area contributed by atoms with Crippen molar-refractivity contribution in [2.24, 2.45) is 0 Å². The summed E-state index contributed by atoms with van der Waals surface area (Å²) < 4.78 is 0. The summed E-state index contributed by atoms with van der Waals surface area (Å²) in [7, 11) is 0. The quantitative estimate of drug-likeness (QED) is 0.553. The molecule has 0 aliphatic rings. The molecule has 4 N–H and O–H groups in total. The first kappa shape index (κ1) is 15.1. The second-order valence-corrected chi connectivity index (χ2v) is 4.14. The van der Waals surface area contributed by atoms with Crippen LogP contribution in [-0.4, -0.2) is 41.3 Å². The molecule has 0 fully saturated rings. The van der Waals surface area contributed by atoms with Crippen LogP contribution in [0.4, 0.5) is 0 Å². The van der Waals surface area contributed by atoms with Gasteiger partial charge in [0.2, 0.25) is 5.91 Å². The van der Waals surface area contributed by atoms with E-state index < -0.39 is 6.04 Å². The molecular weight excluding hydrogens is 248 g/mol. The Hall–Kier alpha value is -1.92. The summed E-state index contributed by atoms with van der Waals surface area (Å²) in [6.45, 7) is 1.21. The van der Waals surface area contributed by atoms with Gasteiger partial charge in [-0.2, -0.15) is 0 Å². The smallest absolute Gasteiger partial charge is 0.251 e. The molecule has 0 atom stereocenters. The van der Waals surface area contributed by atoms with Gasteiger partial charge in [-0.15, -0.1) is 0 Å². The lowest BCUT2D eigenvalue weighted by molar-refractivity contribution is -0.119. The zero-order chi connectivity index (χ0) is 14.3. The second kappa shape index (κ2) is 7.50. The van der Waals surface area contributed by atoms with Crippen LogP contribution in [0.3, 0.4) is 0 Å². The number of benzene rings is 1. The van der Waals surface area contributed by atoms with Gasteiger partial charge < -0.3 is 20.8 Å². The molecule has 1 aromatic rings. The van der Waals surface area contributed by atoms with Crippen molar-refractivity contribution >= 4 is 11.8 Å². The fraction of sp³-hybridized carbons (Fsp3) is 0.385. The molecule has 2 amide bonds. The van der Waals surface area contributed by atoms with Gasteiger partial charge in [0.25, 0.3) is 5.91 Å². The Kier molecular flexibility index (Phi) is 5.98. The maximum absolute atomic E-state index is 11.7. The predicted molar refractivity (Wildman–Crippen MR) is 69.4 cm³/mol. The number of nitrogens with one attached hydrogen (secondary N) is 2. The van der Waals surface area contributed by atoms with Gasteiger partial charge in [-0.25, -0.2) is 0 Å². The van der Waals surface area contributed by atoms with E-state index in [1.807, 2.05) is 0 Å². The molecule has 1 aromatic carbocycles. The van der Waals surface area contributed by atoms with E-state index in [0.29, 0.717) is 12.1 Å². The molecule has 0 bridgehead atoms. The summed E-state index contributed by atoms with van der Waals surface area (Å²) in [5.74, 6) is -0.477. The van der Waals surface area contributed by atoms with Crippen LogP contribution in [0.5, 0.6) is 0 Å². The SMILES string of the molecule is CC(=O)NCc1ccc(C(=O)NC(CO)CO)cc1. The molecule has 0 radical (unpaired) electrons. The first-order valence-electron chi connectivity index (χ1n) is 5.92. The molecule has 0 saturated carbocycles. The minimum atomic E-state index is -0.661. The van der Waals surface area contributed by atoms with Gasteiger partial charge in [0, 0.05) is 19.0 Å². The number of aliphatic hydroxyl groups excluding tert-OH is 2. The number of amides is 2. The highest BCUT2D eigenvalue weighted by molar-refractivity contribution is 5.94. The Bertz CT molecular complexity index is 427. The first-order valence-corrected chi connectivity index (χ1v) is 5.92. The summed E-state index contributed by atoms with van der Waals surface area (Å²) in [4.78, 5) is 22.5. The van der Waals surface area contributed by atoms with E-state index >= 15 is 0 Å². The van der Waals surface area contributed by atoms with Crippen LogP contribution in [0.2, 0.25) is 0 Å². The van der Waals surface area contributed by atoms with Crippen LogP contribution in [0.1, 0.15) is 22.8 Å². The van der Waals surface area contributed by atoms with Crippen molar-refractivity contribution < 1.29 is 19.8 Å². The summed E-state index contributed by atoms with van der Waals surface area (Å²) in [5.41, 5.74) is 1.31. The zero-order valence-electron chi connectivity index (χ0n) is 10.7. The fourth-order valence-electron chi connectivity index (χ4n) is 1.42. The van der Waals surface area contributed by atoms with Gasteiger partial charge in [-0.3, -0.25) is 9.59 Å². The van der Waals surface area contributed by atoms with Gasteiger partial charge in [0.15, 0.2) is 0 Å². The number of rotatable bonds is 6. The molecule has 6 heteroatoms. The first-order chi connectivity index (χ1) is 9.06. The Balaban J connectivity index is 2.60. The van der Waals surface area contributed by atoms with Gasteiger partial charge in [-0.05, 0) is 17.7 Å². The summed E-state index contributed by atoms with van der Waals surface area (Å²) in [5, 5.41) is 22.9. The maximum Gasteiger partial charge on any atom is 0.251 e. The van der Waals surface area contributed by atoms with Crippen LogP contribution < -0.4 is 10.6 Å². The third-order valence-corrected chi connectivity index (χ3v) is 2.53. The molecule has 0 unspecified atom stereocenters. The third kappa shape index (κ3) is 5.07. The van der Waals surface area contributed by atoms with Gasteiger partial charge in [-0.1, -0.05) is 12.1 Å². The van der Waals surface area contributed by atoms with Crippen molar-refractivity contribution in [2.45, 2.75) is 19.5 Å². The van der Waals surface area contributed by atoms with Crippen LogP contribution >= 0.6 is 0 Å². The largest absolute Gasteiger partial charge is 0.394 e. The molecule has 0 aliphatic carbocycles. The number of hydrogen-bond donors (Lipinski definition) is 4. The number of hydrogen-bond acceptors (Lipinski definition) is 4. The van der Waals surface area contributed by atoms with E-state index in [9.17, 15) is 9.59 Å². The maximum atomic E-state index is 11.7. The van der Waals surface area contributed by atoms with E-state index in [1.54, 1.807) is 24.3 Å². The van der Waals surface area contributed by atoms with Crippen molar-refractivity contribution in [3.05, 3.63) is 35.4 Å². The van der Waals surface area contributed by atoms with Crippen molar-refractivity contribution in [1.29, 1.82) is 0 Å². The molecular formula is C13H18N2O4. The van der Waals surface area contributed by atoms with E-state index in [-0.39, 0.29) is 25.0 Å². The second-order valence-electron chi connectivity index (χ2n) is 4.14. The average Bonchev–Trinajstić information content (AvgIpc) is 2.42. The molecule has 0 spiro atoms. The lowest BCUT2D eigenvalue weighted by Crippen LogP contribution is -2.40. The molecule has 0 aromatic heterocycles. The molecule has 19 heavy (non-hydrogen) atoms. The van der Waals surface area contributed by atoms with Gasteiger partial charge in [0.05, 0.1) is 19.3 Å². The Morgan fingerprint density at radius 1 is 1.16 bits per heavy atom. The highest BCUT2D eigenvalue weighted by Crippen LogP contribution is 2.04. The standard InChI is InChI=1S/C13H18N2O4/c1-9(18)14-6-10-2-4-11(5-3-10)13(19)15-12(7-16)8-17/h2-5,12,16-17H,6-8H2,1H3,(H,14,18)(H,15,19). The minimum Gasteiger partial charge on any atom is -0.394 e. The summed E-state index contributed by atoms with van der Waals surface area (Å²) in [6.07, 6.45) is 0. The lowest BCUT2D eigenvalue weighted by Gasteiger charge is -2.13. The van der Waals surface area contributed by atoms with Crippen molar-refractivity contribution in [1.82, 2.24) is 10.6 Å². The van der Waals surface area contributed by atoms with Crippen molar-refractivity contribution in [3.63, 3.8) is 0 Å². The molecule has 0 aliphatic heterocycles. The summed E-state index contributed by atoms with van der Waals surface area (Å²) in [6, 6.07) is 6.05. The van der Waals surface area contributed by atoms with Crippen molar-refractivity contribution in [2.75, 3.05) is 13.2 Å². The Labute approximate surface area is 111 Å². The number of carbonyl (C=O) groups excluding carboxylic acids is 2. The molecule has 104 valence electrons. The third-order valence-electron chi connectivity index (χ3n) is 2.53. The zero-order valence-corrected chi connectivity index (χ0v) is 10.7. The molecule has 0 saturated heterocycles. The highest BCUT2D eigenvalue weighted by Gasteiger charge is 2.11.